The second-order valence-corrected chi connectivity index (χ2v) is 3.21. The third kappa shape index (κ3) is 0.775. The highest BCUT2D eigenvalue weighted by molar-refractivity contribution is 4.92. The molecule has 2 rings (SSSR count). The van der Waals surface area contributed by atoms with Gasteiger partial charge in [0, 0.05) is 25.2 Å². The van der Waals surface area contributed by atoms with Crippen LogP contribution in [0.5, 0.6) is 0 Å². The van der Waals surface area contributed by atoms with Gasteiger partial charge in [0.2, 0.25) is 0 Å². The molecule has 2 fully saturated rings. The zero-order chi connectivity index (χ0) is 6.27. The minimum atomic E-state index is 0.851. The van der Waals surface area contributed by atoms with Crippen LogP contribution in [0.4, 0.5) is 0 Å². The summed E-state index contributed by atoms with van der Waals surface area (Å²) < 4.78 is 0. The fourth-order valence-corrected chi connectivity index (χ4v) is 2.00. The Hall–Kier alpha value is -0.0800. The Balaban J connectivity index is 2.10. The normalized spacial score (nSPS) is 43.7. The quantitative estimate of drug-likeness (QED) is 0.493. The van der Waals surface area contributed by atoms with Crippen molar-refractivity contribution in [3.8, 4) is 0 Å². The highest BCUT2D eigenvalue weighted by atomic mass is 15.2. The molecule has 0 aromatic heterocycles. The Labute approximate surface area is 56.2 Å². The number of rotatable bonds is 0. The minimum Gasteiger partial charge on any atom is -0.314 e. The third-order valence-corrected chi connectivity index (χ3v) is 2.74. The van der Waals surface area contributed by atoms with E-state index in [1.165, 1.54) is 25.9 Å². The smallest absolute Gasteiger partial charge is 0.0221 e. The largest absolute Gasteiger partial charge is 0.314 e. The second kappa shape index (κ2) is 1.96. The van der Waals surface area contributed by atoms with Crippen molar-refractivity contribution in [3.05, 3.63) is 0 Å². The monoisotopic (exact) mass is 126 g/mol. The van der Waals surface area contributed by atoms with Gasteiger partial charge in [-0.25, -0.2) is 0 Å². The lowest BCUT2D eigenvalue weighted by molar-refractivity contribution is 0.193. The van der Waals surface area contributed by atoms with Crippen LogP contribution in [-0.2, 0) is 0 Å². The summed E-state index contributed by atoms with van der Waals surface area (Å²) in [6.07, 6.45) is 2.82. The molecule has 2 aliphatic rings. The number of nitrogens with zero attached hydrogens (tertiary/aromatic N) is 1. The van der Waals surface area contributed by atoms with Gasteiger partial charge in [0.05, 0.1) is 0 Å². The lowest BCUT2D eigenvalue weighted by Gasteiger charge is -2.31. The number of likely N-dealkylation sites (N-methyl/N-ethyl adjacent to an activating group) is 1. The molecule has 0 spiro atoms. The Morgan fingerprint density at radius 3 is 2.22 bits per heavy atom. The Kier molecular flexibility index (Phi) is 1.24. The van der Waals surface area contributed by atoms with Crippen LogP contribution in [0, 0.1) is 0 Å². The van der Waals surface area contributed by atoms with E-state index in [-0.39, 0.29) is 0 Å². The summed E-state index contributed by atoms with van der Waals surface area (Å²) >= 11 is 0. The zero-order valence-corrected chi connectivity index (χ0v) is 5.93. The van der Waals surface area contributed by atoms with E-state index in [4.69, 9.17) is 0 Å². The van der Waals surface area contributed by atoms with Crippen molar-refractivity contribution >= 4 is 0 Å². The van der Waals surface area contributed by atoms with Crippen LogP contribution >= 0.6 is 0 Å². The van der Waals surface area contributed by atoms with E-state index >= 15 is 0 Å². The minimum absolute atomic E-state index is 0.851. The number of piperazine rings is 1. The Morgan fingerprint density at radius 2 is 1.78 bits per heavy atom. The summed E-state index contributed by atoms with van der Waals surface area (Å²) in [4.78, 5) is 2.52. The predicted octanol–water partition coefficient (Wildman–Crippen LogP) is 0.0524. The van der Waals surface area contributed by atoms with E-state index in [1.54, 1.807) is 0 Å². The molecular formula is C7H14N2. The van der Waals surface area contributed by atoms with E-state index in [0.717, 1.165) is 12.1 Å². The van der Waals surface area contributed by atoms with Crippen molar-refractivity contribution in [2.45, 2.75) is 24.9 Å². The van der Waals surface area contributed by atoms with Gasteiger partial charge in [0.15, 0.2) is 0 Å². The average molecular weight is 126 g/mol. The van der Waals surface area contributed by atoms with Crippen molar-refractivity contribution < 1.29 is 0 Å². The number of hydrogen-bond acceptors (Lipinski definition) is 2. The molecule has 0 aromatic carbocycles. The Morgan fingerprint density at radius 1 is 1.22 bits per heavy atom. The molecule has 2 saturated heterocycles. The molecule has 0 radical (unpaired) electrons. The van der Waals surface area contributed by atoms with Crippen LogP contribution in [0.15, 0.2) is 0 Å². The van der Waals surface area contributed by atoms with Crippen molar-refractivity contribution in [2.75, 3.05) is 20.1 Å². The summed E-state index contributed by atoms with van der Waals surface area (Å²) in [6, 6.07) is 1.70. The van der Waals surface area contributed by atoms with E-state index < -0.39 is 0 Å². The van der Waals surface area contributed by atoms with Crippen LogP contribution in [0.2, 0.25) is 0 Å². The zero-order valence-electron chi connectivity index (χ0n) is 5.93. The number of fused-ring (bicyclic) bond motifs is 2. The van der Waals surface area contributed by atoms with Crippen molar-refractivity contribution in [2.24, 2.45) is 0 Å². The van der Waals surface area contributed by atoms with Crippen LogP contribution < -0.4 is 5.32 Å². The first kappa shape index (κ1) is 5.69. The molecule has 2 bridgehead atoms. The van der Waals surface area contributed by atoms with Gasteiger partial charge < -0.3 is 5.32 Å². The van der Waals surface area contributed by atoms with Gasteiger partial charge in [0.25, 0.3) is 0 Å². The highest BCUT2D eigenvalue weighted by Crippen LogP contribution is 2.23. The van der Waals surface area contributed by atoms with E-state index in [9.17, 15) is 0 Å². The lowest BCUT2D eigenvalue weighted by Crippen LogP contribution is -2.49. The molecule has 0 amide bonds. The fourth-order valence-electron chi connectivity index (χ4n) is 2.00. The predicted molar refractivity (Wildman–Crippen MR) is 37.4 cm³/mol. The highest BCUT2D eigenvalue weighted by Gasteiger charge is 2.32. The van der Waals surface area contributed by atoms with Crippen molar-refractivity contribution in [1.29, 1.82) is 0 Å². The van der Waals surface area contributed by atoms with Gasteiger partial charge in [-0.15, -0.1) is 0 Å². The van der Waals surface area contributed by atoms with Gasteiger partial charge in [-0.1, -0.05) is 0 Å². The van der Waals surface area contributed by atoms with Crippen molar-refractivity contribution in [3.63, 3.8) is 0 Å². The summed E-state index contributed by atoms with van der Waals surface area (Å²) in [7, 11) is 2.25. The number of nitrogens with one attached hydrogen (secondary N) is 1. The molecule has 0 aliphatic carbocycles. The molecule has 9 heavy (non-hydrogen) atoms. The Bertz CT molecular complexity index is 97.5. The summed E-state index contributed by atoms with van der Waals surface area (Å²) in [5.74, 6) is 0. The SMILES string of the molecule is CN1[C@@H]2CC[C@@H]1CNC2. The first-order valence-corrected chi connectivity index (χ1v) is 3.80. The molecule has 1 N–H and O–H groups in total. The van der Waals surface area contributed by atoms with Gasteiger partial charge in [0.1, 0.15) is 0 Å². The molecule has 2 heteroatoms. The maximum atomic E-state index is 3.44. The molecule has 0 saturated carbocycles. The average Bonchev–Trinajstić information content (AvgIpc) is 2.19. The standard InChI is InChI=1S/C7H14N2/c1-9-6-2-3-7(9)5-8-4-6/h6-8H,2-5H2,1H3/t6-,7-/m1/s1. The van der Waals surface area contributed by atoms with Gasteiger partial charge in [-0.2, -0.15) is 0 Å². The van der Waals surface area contributed by atoms with Crippen LogP contribution in [-0.4, -0.2) is 37.1 Å². The molecule has 2 nitrogen and oxygen atoms in total. The van der Waals surface area contributed by atoms with Gasteiger partial charge in [-0.05, 0) is 19.9 Å². The van der Waals surface area contributed by atoms with Crippen LogP contribution in [0.1, 0.15) is 12.8 Å². The van der Waals surface area contributed by atoms with Gasteiger partial charge >= 0.3 is 0 Å². The molecule has 0 unspecified atom stereocenters. The first-order chi connectivity index (χ1) is 4.38. The topological polar surface area (TPSA) is 15.3 Å². The van der Waals surface area contributed by atoms with Crippen LogP contribution in [0.25, 0.3) is 0 Å². The maximum absolute atomic E-state index is 3.44. The summed E-state index contributed by atoms with van der Waals surface area (Å²) in [6.45, 7) is 2.43. The van der Waals surface area contributed by atoms with Crippen LogP contribution in [0.3, 0.4) is 0 Å². The second-order valence-electron chi connectivity index (χ2n) is 3.21. The van der Waals surface area contributed by atoms with Crippen molar-refractivity contribution in [1.82, 2.24) is 10.2 Å². The summed E-state index contributed by atoms with van der Waals surface area (Å²) in [5.41, 5.74) is 0. The molecule has 2 atom stereocenters. The van der Waals surface area contributed by atoms with E-state index in [0.29, 0.717) is 0 Å². The molecule has 2 aliphatic heterocycles. The summed E-state index contributed by atoms with van der Waals surface area (Å²) in [5, 5.41) is 3.44. The molecule has 0 aromatic rings. The van der Waals surface area contributed by atoms with E-state index in [2.05, 4.69) is 17.3 Å². The first-order valence-electron chi connectivity index (χ1n) is 3.80. The third-order valence-electron chi connectivity index (χ3n) is 2.74. The fraction of sp³-hybridized carbons (Fsp3) is 1.00. The molecule has 2 heterocycles. The molecule has 52 valence electrons. The lowest BCUT2D eigenvalue weighted by atomic mass is 10.2. The number of hydrogen-bond donors (Lipinski definition) is 1. The maximum Gasteiger partial charge on any atom is 0.0221 e. The van der Waals surface area contributed by atoms with Gasteiger partial charge in [-0.3, -0.25) is 4.90 Å². The van der Waals surface area contributed by atoms with E-state index in [1.807, 2.05) is 0 Å². The molecular weight excluding hydrogens is 112 g/mol.